The minimum absolute atomic E-state index is 0.166. The number of hydrogen-bond acceptors (Lipinski definition) is 4. The van der Waals surface area contributed by atoms with E-state index in [0.29, 0.717) is 11.3 Å². The maximum Gasteiger partial charge on any atom is 0.177 e. The van der Waals surface area contributed by atoms with E-state index in [2.05, 4.69) is 18.7 Å². The number of rotatable bonds is 5. The van der Waals surface area contributed by atoms with Gasteiger partial charge in [0.1, 0.15) is 5.75 Å². The van der Waals surface area contributed by atoms with Crippen LogP contribution in [0.1, 0.15) is 19.4 Å². The van der Waals surface area contributed by atoms with E-state index in [1.54, 1.807) is 0 Å². The third kappa shape index (κ3) is 2.63. The number of hydrogen-bond donors (Lipinski definition) is 1. The van der Waals surface area contributed by atoms with Crippen LogP contribution in [0.25, 0.3) is 6.08 Å². The smallest absolute Gasteiger partial charge is 0.177 e. The van der Waals surface area contributed by atoms with E-state index >= 15 is 0 Å². The first-order chi connectivity index (χ1) is 9.23. The van der Waals surface area contributed by atoms with Crippen molar-refractivity contribution >= 4 is 18.0 Å². The average molecular weight is 261 g/mol. The summed E-state index contributed by atoms with van der Waals surface area (Å²) in [5.74, 6) is 0.693. The summed E-state index contributed by atoms with van der Waals surface area (Å²) in [5.41, 5.74) is 2.57. The average Bonchev–Trinajstić information content (AvgIpc) is 2.46. The Bertz CT molecular complexity index is 492. The van der Waals surface area contributed by atoms with Crippen molar-refractivity contribution in [1.82, 2.24) is 0 Å². The van der Waals surface area contributed by atoms with Gasteiger partial charge >= 0.3 is 0 Å². The van der Waals surface area contributed by atoms with Gasteiger partial charge in [-0.3, -0.25) is 4.79 Å². The van der Waals surface area contributed by atoms with Crippen LogP contribution in [0.3, 0.4) is 0 Å². The summed E-state index contributed by atoms with van der Waals surface area (Å²) in [6.07, 6.45) is 1.86. The van der Waals surface area contributed by atoms with Gasteiger partial charge in [-0.05, 0) is 32.1 Å². The van der Waals surface area contributed by atoms with Crippen molar-refractivity contribution in [3.8, 4) is 5.75 Å². The minimum atomic E-state index is -0.676. The number of anilines is 1. The van der Waals surface area contributed by atoms with Crippen LogP contribution in [-0.4, -0.2) is 37.2 Å². The number of fused-ring (bicyclic) bond motifs is 1. The van der Waals surface area contributed by atoms with Crippen LogP contribution in [-0.2, 0) is 4.79 Å². The van der Waals surface area contributed by atoms with Crippen molar-refractivity contribution in [2.75, 3.05) is 24.6 Å². The molecule has 0 aliphatic carbocycles. The number of aliphatic hydroxyl groups is 1. The Kier molecular flexibility index (Phi) is 4.22. The first-order valence-electron chi connectivity index (χ1n) is 6.55. The molecule has 1 unspecified atom stereocenters. The number of aldehydes is 1. The maximum absolute atomic E-state index is 11.0. The molecule has 0 aromatic heterocycles. The van der Waals surface area contributed by atoms with Crippen molar-refractivity contribution in [3.05, 3.63) is 29.3 Å². The SMILES string of the molecule is CCN(CC)c1ccc2c(c1)OC(C=O)C(CO)=C2. The number of aliphatic hydroxyl groups excluding tert-OH is 1. The Morgan fingerprint density at radius 1 is 1.37 bits per heavy atom. The van der Waals surface area contributed by atoms with E-state index in [9.17, 15) is 9.90 Å². The number of carbonyl (C=O) groups excluding carboxylic acids is 1. The number of carbonyl (C=O) groups is 1. The second kappa shape index (κ2) is 5.89. The third-order valence-corrected chi connectivity index (χ3v) is 3.39. The lowest BCUT2D eigenvalue weighted by Crippen LogP contribution is -2.26. The monoisotopic (exact) mass is 261 g/mol. The number of benzene rings is 1. The predicted octanol–water partition coefficient (Wildman–Crippen LogP) is 1.87. The zero-order valence-corrected chi connectivity index (χ0v) is 11.3. The van der Waals surface area contributed by atoms with Gasteiger partial charge in [0.25, 0.3) is 0 Å². The molecule has 0 saturated carbocycles. The highest BCUT2D eigenvalue weighted by molar-refractivity contribution is 5.74. The highest BCUT2D eigenvalue weighted by Gasteiger charge is 2.22. The van der Waals surface area contributed by atoms with E-state index in [-0.39, 0.29) is 6.61 Å². The molecule has 102 valence electrons. The topological polar surface area (TPSA) is 49.8 Å². The van der Waals surface area contributed by atoms with Gasteiger partial charge in [0.05, 0.1) is 6.61 Å². The Hall–Kier alpha value is -1.81. The van der Waals surface area contributed by atoms with Crippen molar-refractivity contribution in [2.24, 2.45) is 0 Å². The molecule has 0 radical (unpaired) electrons. The first kappa shape index (κ1) is 13.6. The molecule has 0 spiro atoms. The molecule has 1 aliphatic rings. The van der Waals surface area contributed by atoms with Gasteiger partial charge in [0.15, 0.2) is 12.4 Å². The van der Waals surface area contributed by atoms with Crippen LogP contribution in [0.15, 0.2) is 23.8 Å². The fourth-order valence-electron chi connectivity index (χ4n) is 2.27. The maximum atomic E-state index is 11.0. The molecule has 1 aromatic rings. The molecule has 0 fully saturated rings. The van der Waals surface area contributed by atoms with Crippen LogP contribution in [0.5, 0.6) is 5.75 Å². The highest BCUT2D eigenvalue weighted by atomic mass is 16.5. The predicted molar refractivity (Wildman–Crippen MR) is 75.5 cm³/mol. The number of ether oxygens (including phenoxy) is 1. The van der Waals surface area contributed by atoms with Gasteiger partial charge in [-0.25, -0.2) is 0 Å². The Labute approximate surface area is 113 Å². The molecular formula is C15H19NO3. The van der Waals surface area contributed by atoms with Gasteiger partial charge in [0, 0.05) is 36.0 Å². The van der Waals surface area contributed by atoms with Crippen LogP contribution in [0.4, 0.5) is 5.69 Å². The lowest BCUT2D eigenvalue weighted by Gasteiger charge is -2.26. The zero-order chi connectivity index (χ0) is 13.8. The molecule has 4 heteroatoms. The summed E-state index contributed by atoms with van der Waals surface area (Å²) in [7, 11) is 0. The van der Waals surface area contributed by atoms with Crippen molar-refractivity contribution < 1.29 is 14.6 Å². The summed E-state index contributed by atoms with van der Waals surface area (Å²) in [6, 6.07) is 5.94. The normalized spacial score (nSPS) is 17.2. The van der Waals surface area contributed by atoms with E-state index in [4.69, 9.17) is 4.74 Å². The molecular weight excluding hydrogens is 242 g/mol. The van der Waals surface area contributed by atoms with Crippen molar-refractivity contribution in [3.63, 3.8) is 0 Å². The molecule has 1 heterocycles. The summed E-state index contributed by atoms with van der Waals surface area (Å²) in [6.45, 7) is 5.87. The van der Waals surface area contributed by atoms with Crippen LogP contribution >= 0.6 is 0 Å². The fraction of sp³-hybridized carbons (Fsp3) is 0.400. The van der Waals surface area contributed by atoms with E-state index in [1.165, 1.54) is 0 Å². The van der Waals surface area contributed by atoms with Gasteiger partial charge in [0.2, 0.25) is 0 Å². The lowest BCUT2D eigenvalue weighted by molar-refractivity contribution is -0.112. The van der Waals surface area contributed by atoms with Gasteiger partial charge in [-0.2, -0.15) is 0 Å². The summed E-state index contributed by atoms with van der Waals surface area (Å²) in [4.78, 5) is 13.2. The quantitative estimate of drug-likeness (QED) is 0.822. The van der Waals surface area contributed by atoms with E-state index in [1.807, 2.05) is 24.3 Å². The minimum Gasteiger partial charge on any atom is -0.478 e. The Morgan fingerprint density at radius 3 is 2.68 bits per heavy atom. The summed E-state index contributed by atoms with van der Waals surface area (Å²) in [5, 5.41) is 9.22. The summed E-state index contributed by atoms with van der Waals surface area (Å²) < 4.78 is 5.64. The van der Waals surface area contributed by atoms with Gasteiger partial charge < -0.3 is 14.7 Å². The molecule has 2 rings (SSSR count). The molecule has 19 heavy (non-hydrogen) atoms. The molecule has 1 aromatic carbocycles. The van der Waals surface area contributed by atoms with Crippen LogP contribution in [0.2, 0.25) is 0 Å². The molecule has 0 bridgehead atoms. The summed E-state index contributed by atoms with van der Waals surface area (Å²) >= 11 is 0. The number of nitrogens with zero attached hydrogens (tertiary/aromatic N) is 1. The molecule has 4 nitrogen and oxygen atoms in total. The van der Waals surface area contributed by atoms with Crippen LogP contribution in [0, 0.1) is 0 Å². The highest BCUT2D eigenvalue weighted by Crippen LogP contribution is 2.32. The largest absolute Gasteiger partial charge is 0.478 e. The van der Waals surface area contributed by atoms with Crippen molar-refractivity contribution in [1.29, 1.82) is 0 Å². The molecule has 1 N–H and O–H groups in total. The fourth-order valence-corrected chi connectivity index (χ4v) is 2.27. The third-order valence-electron chi connectivity index (χ3n) is 3.39. The molecule has 0 amide bonds. The molecule has 1 aliphatic heterocycles. The lowest BCUT2D eigenvalue weighted by atomic mass is 10.0. The molecule has 1 atom stereocenters. The zero-order valence-electron chi connectivity index (χ0n) is 11.3. The second-order valence-electron chi connectivity index (χ2n) is 4.45. The standard InChI is InChI=1S/C15H19NO3/c1-3-16(4-2)13-6-5-11-7-12(9-17)15(10-18)19-14(11)8-13/h5-8,10,15,17H,3-4,9H2,1-2H3. The van der Waals surface area contributed by atoms with Gasteiger partial charge in [-0.1, -0.05) is 0 Å². The first-order valence-corrected chi connectivity index (χ1v) is 6.55. The van der Waals surface area contributed by atoms with Gasteiger partial charge in [-0.15, -0.1) is 0 Å². The van der Waals surface area contributed by atoms with E-state index in [0.717, 1.165) is 30.6 Å². The van der Waals surface area contributed by atoms with Crippen molar-refractivity contribution in [2.45, 2.75) is 20.0 Å². The van der Waals surface area contributed by atoms with E-state index < -0.39 is 6.10 Å². The molecule has 0 saturated heterocycles. The second-order valence-corrected chi connectivity index (χ2v) is 4.45. The van der Waals surface area contributed by atoms with Crippen LogP contribution < -0.4 is 9.64 Å². The Morgan fingerprint density at radius 2 is 2.11 bits per heavy atom. The Balaban J connectivity index is 2.37.